The molecule has 170 valence electrons. The normalized spacial score (nSPS) is 14.6. The fraction of sp³-hybridized carbons (Fsp3) is 0.458. The van der Waals surface area contributed by atoms with Gasteiger partial charge in [0.1, 0.15) is 5.60 Å². The van der Waals surface area contributed by atoms with Gasteiger partial charge in [-0.2, -0.15) is 0 Å². The Morgan fingerprint density at radius 1 is 1.06 bits per heavy atom. The van der Waals surface area contributed by atoms with Crippen molar-refractivity contribution >= 4 is 5.96 Å². The largest absolute Gasteiger partial charge is 0.493 e. The monoisotopic (exact) mass is 428 g/mol. The second kappa shape index (κ2) is 11.6. The third-order valence-electron chi connectivity index (χ3n) is 5.16. The molecule has 0 aliphatic rings. The van der Waals surface area contributed by atoms with E-state index in [1.807, 2.05) is 69.6 Å². The second-order valence-electron chi connectivity index (χ2n) is 7.81. The van der Waals surface area contributed by atoms with Gasteiger partial charge >= 0.3 is 0 Å². The smallest absolute Gasteiger partial charge is 0.191 e. The lowest BCUT2D eigenvalue weighted by atomic mass is 9.96. The zero-order chi connectivity index (χ0) is 22.9. The first kappa shape index (κ1) is 24.5. The van der Waals surface area contributed by atoms with E-state index in [9.17, 15) is 5.11 Å². The molecule has 2 atom stereocenters. The highest BCUT2D eigenvalue weighted by Gasteiger charge is 2.23. The van der Waals surface area contributed by atoms with Crippen molar-refractivity contribution in [2.24, 2.45) is 4.99 Å². The Bertz CT molecular complexity index is 838. The molecule has 0 saturated heterocycles. The van der Waals surface area contributed by atoms with Gasteiger partial charge in [-0.1, -0.05) is 36.4 Å². The molecule has 0 aliphatic carbocycles. The molecule has 2 aromatic carbocycles. The van der Waals surface area contributed by atoms with Crippen LogP contribution in [0.5, 0.6) is 11.5 Å². The van der Waals surface area contributed by atoms with E-state index >= 15 is 0 Å². The second-order valence-corrected chi connectivity index (χ2v) is 7.81. The van der Waals surface area contributed by atoms with Gasteiger partial charge in [0, 0.05) is 13.1 Å². The van der Waals surface area contributed by atoms with E-state index < -0.39 is 5.60 Å². The van der Waals surface area contributed by atoms with Crippen LogP contribution in [0.2, 0.25) is 0 Å². The average molecular weight is 429 g/mol. The minimum Gasteiger partial charge on any atom is -0.493 e. The van der Waals surface area contributed by atoms with Gasteiger partial charge < -0.3 is 30.1 Å². The molecule has 0 spiro atoms. The van der Waals surface area contributed by atoms with Gasteiger partial charge in [-0.15, -0.1) is 0 Å². The lowest BCUT2D eigenvalue weighted by Gasteiger charge is -2.27. The number of guanidine groups is 1. The third kappa shape index (κ3) is 6.87. The predicted octanol–water partition coefficient (Wildman–Crippen LogP) is 2.77. The molecule has 0 fully saturated rings. The minimum atomic E-state index is -1.05. The summed E-state index contributed by atoms with van der Waals surface area (Å²) in [6.45, 7) is 5.39. The number of aliphatic imine (C=N–C) groups is 1. The summed E-state index contributed by atoms with van der Waals surface area (Å²) in [6.07, 6.45) is 0. The number of aliphatic hydroxyl groups is 1. The Balaban J connectivity index is 2.15. The maximum absolute atomic E-state index is 10.9. The Kier molecular flexibility index (Phi) is 9.15. The van der Waals surface area contributed by atoms with Crippen molar-refractivity contribution in [1.82, 2.24) is 15.5 Å². The van der Waals surface area contributed by atoms with Gasteiger partial charge in [0.25, 0.3) is 0 Å². The summed E-state index contributed by atoms with van der Waals surface area (Å²) in [4.78, 5) is 6.77. The van der Waals surface area contributed by atoms with Crippen molar-refractivity contribution in [2.45, 2.75) is 25.5 Å². The van der Waals surface area contributed by atoms with E-state index in [4.69, 9.17) is 9.47 Å². The van der Waals surface area contributed by atoms with Crippen LogP contribution in [0.15, 0.2) is 53.5 Å². The Morgan fingerprint density at radius 2 is 1.74 bits per heavy atom. The highest BCUT2D eigenvalue weighted by atomic mass is 16.5. The average Bonchev–Trinajstić information content (AvgIpc) is 2.77. The number of likely N-dealkylation sites (N-methyl/N-ethyl adjacent to an activating group) is 1. The molecule has 0 amide bonds. The quantitative estimate of drug-likeness (QED) is 0.399. The fourth-order valence-electron chi connectivity index (χ4n) is 3.32. The van der Waals surface area contributed by atoms with Crippen LogP contribution in [0.3, 0.4) is 0 Å². The van der Waals surface area contributed by atoms with Gasteiger partial charge in [0.15, 0.2) is 17.5 Å². The van der Waals surface area contributed by atoms with Gasteiger partial charge in [-0.3, -0.25) is 0 Å². The summed E-state index contributed by atoms with van der Waals surface area (Å²) in [6, 6.07) is 15.6. The molecule has 2 unspecified atom stereocenters. The van der Waals surface area contributed by atoms with Crippen LogP contribution >= 0.6 is 0 Å². The third-order valence-corrected chi connectivity index (χ3v) is 5.16. The van der Waals surface area contributed by atoms with Gasteiger partial charge in [0.2, 0.25) is 0 Å². The van der Waals surface area contributed by atoms with Gasteiger partial charge in [0.05, 0.1) is 26.8 Å². The van der Waals surface area contributed by atoms with Crippen molar-refractivity contribution in [2.75, 3.05) is 47.9 Å². The van der Waals surface area contributed by atoms with Crippen molar-refractivity contribution < 1.29 is 14.6 Å². The Labute approximate surface area is 186 Å². The first-order chi connectivity index (χ1) is 14.8. The summed E-state index contributed by atoms with van der Waals surface area (Å²) in [5.74, 6) is 2.06. The fourth-order valence-corrected chi connectivity index (χ4v) is 3.32. The zero-order valence-electron chi connectivity index (χ0n) is 19.5. The molecule has 7 heteroatoms. The Hall–Kier alpha value is -2.77. The highest BCUT2D eigenvalue weighted by Crippen LogP contribution is 2.31. The molecule has 0 bridgehead atoms. The van der Waals surface area contributed by atoms with Crippen LogP contribution in [0.25, 0.3) is 0 Å². The van der Waals surface area contributed by atoms with E-state index in [1.165, 1.54) is 0 Å². The van der Waals surface area contributed by atoms with Crippen molar-refractivity contribution in [3.8, 4) is 11.5 Å². The van der Waals surface area contributed by atoms with Crippen LogP contribution < -0.4 is 20.1 Å². The number of hydrogen-bond acceptors (Lipinski definition) is 5. The minimum absolute atomic E-state index is 0.0818. The lowest BCUT2D eigenvalue weighted by Crippen LogP contribution is -2.42. The predicted molar refractivity (Wildman–Crippen MR) is 126 cm³/mol. The molecular formula is C24H36N4O3. The Morgan fingerprint density at radius 3 is 2.32 bits per heavy atom. The first-order valence-electron chi connectivity index (χ1n) is 10.5. The summed E-state index contributed by atoms with van der Waals surface area (Å²) >= 11 is 0. The number of ether oxygens (including phenoxy) is 2. The van der Waals surface area contributed by atoms with E-state index in [0.717, 1.165) is 17.7 Å². The van der Waals surface area contributed by atoms with Crippen LogP contribution in [-0.4, -0.2) is 63.9 Å². The maximum atomic E-state index is 10.9. The van der Waals surface area contributed by atoms with Crippen LogP contribution in [0.1, 0.15) is 31.0 Å². The molecule has 7 nitrogen and oxygen atoms in total. The number of hydrogen-bond donors (Lipinski definition) is 3. The molecule has 31 heavy (non-hydrogen) atoms. The number of benzene rings is 2. The van der Waals surface area contributed by atoms with Gasteiger partial charge in [-0.05, 0) is 51.2 Å². The summed E-state index contributed by atoms with van der Waals surface area (Å²) in [7, 11) is 7.34. The first-order valence-corrected chi connectivity index (χ1v) is 10.5. The van der Waals surface area contributed by atoms with Crippen molar-refractivity contribution in [1.29, 1.82) is 0 Å². The number of nitrogens with zero attached hydrogens (tertiary/aromatic N) is 2. The van der Waals surface area contributed by atoms with E-state index in [1.54, 1.807) is 21.1 Å². The molecule has 2 aromatic rings. The maximum Gasteiger partial charge on any atom is 0.191 e. The summed E-state index contributed by atoms with van der Waals surface area (Å²) < 4.78 is 10.8. The lowest BCUT2D eigenvalue weighted by molar-refractivity contribution is 0.0672. The molecule has 0 radical (unpaired) electrons. The SMILES string of the molecule is CCNC(=NCC(C)(O)c1ccccc1)NCC(c1ccc(OC)c(OC)c1)N(C)C. The summed E-state index contributed by atoms with van der Waals surface area (Å²) in [5, 5.41) is 17.5. The van der Waals surface area contributed by atoms with E-state index in [0.29, 0.717) is 24.0 Å². The number of rotatable bonds is 10. The topological polar surface area (TPSA) is 78.4 Å². The van der Waals surface area contributed by atoms with Crippen LogP contribution in [-0.2, 0) is 5.60 Å². The molecule has 2 rings (SSSR count). The van der Waals surface area contributed by atoms with Crippen LogP contribution in [0.4, 0.5) is 0 Å². The van der Waals surface area contributed by atoms with Crippen LogP contribution in [0, 0.1) is 0 Å². The highest BCUT2D eigenvalue weighted by molar-refractivity contribution is 5.79. The molecule has 0 saturated carbocycles. The summed E-state index contributed by atoms with van der Waals surface area (Å²) in [5.41, 5.74) is 0.891. The standard InChI is InChI=1S/C24H36N4O3/c1-7-25-23(27-17-24(2,29)19-11-9-8-10-12-19)26-16-20(28(3)4)18-13-14-21(30-5)22(15-18)31-6/h8-15,20,29H,7,16-17H2,1-6H3,(H2,25,26,27). The number of nitrogens with one attached hydrogen (secondary N) is 2. The molecular weight excluding hydrogens is 392 g/mol. The zero-order valence-corrected chi connectivity index (χ0v) is 19.5. The van der Waals surface area contributed by atoms with E-state index in [2.05, 4.69) is 20.5 Å². The molecule has 0 aromatic heterocycles. The van der Waals surface area contributed by atoms with Gasteiger partial charge in [-0.25, -0.2) is 4.99 Å². The van der Waals surface area contributed by atoms with Crippen molar-refractivity contribution in [3.05, 3.63) is 59.7 Å². The molecule has 0 aliphatic heterocycles. The van der Waals surface area contributed by atoms with Crippen molar-refractivity contribution in [3.63, 3.8) is 0 Å². The van der Waals surface area contributed by atoms with E-state index in [-0.39, 0.29) is 12.6 Å². The molecule has 0 heterocycles. The number of methoxy groups -OCH3 is 2. The molecule has 3 N–H and O–H groups in total.